The van der Waals surface area contributed by atoms with Gasteiger partial charge in [0.15, 0.2) is 0 Å². The molecule has 2 aromatic rings. The molecule has 3 heterocycles. The molecule has 0 aliphatic carbocycles. The number of aromatic amines is 1. The predicted molar refractivity (Wildman–Crippen MR) is 124 cm³/mol. The summed E-state index contributed by atoms with van der Waals surface area (Å²) in [5.74, 6) is -1.01. The highest BCUT2D eigenvalue weighted by atomic mass is 32.2. The first kappa shape index (κ1) is 23.3. The SMILES string of the molecule is CCC(Sc1n[nH]c(C)n1)C1=C(C(=O)O)N2C(=O)C(NC(=O)C(N)c3ccccc3)[C@@H]2SC1. The van der Waals surface area contributed by atoms with Gasteiger partial charge in [0.05, 0.1) is 0 Å². The van der Waals surface area contributed by atoms with Gasteiger partial charge in [-0.25, -0.2) is 9.78 Å². The van der Waals surface area contributed by atoms with Crippen molar-refractivity contribution in [2.75, 3.05) is 5.75 Å². The molecule has 1 aromatic heterocycles. The van der Waals surface area contributed by atoms with E-state index in [-0.39, 0.29) is 10.9 Å². The minimum atomic E-state index is -1.17. The van der Waals surface area contributed by atoms with Crippen LogP contribution in [0.25, 0.3) is 0 Å². The van der Waals surface area contributed by atoms with Crippen LogP contribution in [-0.2, 0) is 14.4 Å². The predicted octanol–water partition coefficient (Wildman–Crippen LogP) is 1.42. The van der Waals surface area contributed by atoms with E-state index in [1.807, 2.05) is 13.0 Å². The number of H-pyrrole nitrogens is 1. The number of thioether (sulfide) groups is 2. The standard InChI is InChI=1S/C21H24N6O4S2/c1-3-13(33-21-23-10(2)25-26-21)12-9-32-19-15(18(29)27(19)16(12)20(30)31)24-17(28)14(22)11-7-5-4-6-8-11/h4-8,13-15,19H,3,9,22H2,1-2H3,(H,24,28)(H,30,31)(H,23,25,26)/t13?,14?,15?,19-/m0/s1. The van der Waals surface area contributed by atoms with Crippen molar-refractivity contribution in [2.45, 2.75) is 48.1 Å². The van der Waals surface area contributed by atoms with Crippen molar-refractivity contribution in [3.8, 4) is 0 Å². The topological polar surface area (TPSA) is 154 Å². The Hall–Kier alpha value is -2.83. The molecule has 1 fully saturated rings. The molecular formula is C21H24N6O4S2. The van der Waals surface area contributed by atoms with Crippen LogP contribution in [0.5, 0.6) is 0 Å². The van der Waals surface area contributed by atoms with Gasteiger partial charge in [0, 0.05) is 11.0 Å². The molecule has 0 radical (unpaired) electrons. The van der Waals surface area contributed by atoms with E-state index >= 15 is 0 Å². The second kappa shape index (κ2) is 9.57. The summed E-state index contributed by atoms with van der Waals surface area (Å²) >= 11 is 2.80. The number of carbonyl (C=O) groups is 3. The zero-order valence-electron chi connectivity index (χ0n) is 18.0. The van der Waals surface area contributed by atoms with Crippen molar-refractivity contribution in [1.82, 2.24) is 25.4 Å². The first-order valence-electron chi connectivity index (χ1n) is 10.4. The van der Waals surface area contributed by atoms with E-state index < -0.39 is 35.2 Å². The van der Waals surface area contributed by atoms with Crippen molar-refractivity contribution in [1.29, 1.82) is 0 Å². The summed E-state index contributed by atoms with van der Waals surface area (Å²) < 4.78 is 0. The number of rotatable bonds is 8. The Bertz CT molecular complexity index is 1110. The maximum Gasteiger partial charge on any atom is 0.352 e. The van der Waals surface area contributed by atoms with Crippen molar-refractivity contribution in [3.63, 3.8) is 0 Å². The van der Waals surface area contributed by atoms with Gasteiger partial charge in [-0.2, -0.15) is 0 Å². The lowest BCUT2D eigenvalue weighted by Gasteiger charge is -2.50. The average molecular weight is 489 g/mol. The monoisotopic (exact) mass is 488 g/mol. The van der Waals surface area contributed by atoms with Gasteiger partial charge in [0.1, 0.15) is 29.0 Å². The highest BCUT2D eigenvalue weighted by molar-refractivity contribution is 8.01. The van der Waals surface area contributed by atoms with E-state index in [1.54, 1.807) is 31.2 Å². The fourth-order valence-corrected chi connectivity index (χ4v) is 6.42. The molecule has 4 rings (SSSR count). The largest absolute Gasteiger partial charge is 0.477 e. The van der Waals surface area contributed by atoms with Crippen molar-refractivity contribution in [3.05, 3.63) is 53.0 Å². The maximum absolute atomic E-state index is 12.9. The Kier molecular flexibility index (Phi) is 6.77. The number of benzene rings is 1. The normalized spacial score (nSPS) is 21.8. The maximum atomic E-state index is 12.9. The number of carbonyl (C=O) groups excluding carboxylic acids is 2. The van der Waals surface area contributed by atoms with E-state index in [0.717, 1.165) is 0 Å². The van der Waals surface area contributed by atoms with Gasteiger partial charge in [-0.3, -0.25) is 19.6 Å². The van der Waals surface area contributed by atoms with Crippen LogP contribution in [0.3, 0.4) is 0 Å². The fourth-order valence-electron chi connectivity index (χ4n) is 3.85. The number of nitrogens with two attached hydrogens (primary N) is 1. The molecule has 1 saturated heterocycles. The number of fused-ring (bicyclic) bond motifs is 1. The molecule has 33 heavy (non-hydrogen) atoms. The van der Waals surface area contributed by atoms with Crippen LogP contribution >= 0.6 is 23.5 Å². The van der Waals surface area contributed by atoms with Crippen molar-refractivity contribution >= 4 is 41.3 Å². The molecule has 5 N–H and O–H groups in total. The minimum absolute atomic E-state index is 0.0202. The fraction of sp³-hybridized carbons (Fsp3) is 0.381. The molecule has 0 spiro atoms. The van der Waals surface area contributed by atoms with Crippen LogP contribution in [0, 0.1) is 6.92 Å². The number of amides is 2. The number of aromatic nitrogens is 3. The van der Waals surface area contributed by atoms with Crippen LogP contribution < -0.4 is 11.1 Å². The molecule has 4 atom stereocenters. The second-order valence-electron chi connectivity index (χ2n) is 7.68. The summed E-state index contributed by atoms with van der Waals surface area (Å²) in [4.78, 5) is 43.3. The molecule has 10 nitrogen and oxygen atoms in total. The average Bonchev–Trinajstić information content (AvgIpc) is 3.24. The molecule has 174 valence electrons. The second-order valence-corrected chi connectivity index (χ2v) is 9.96. The lowest BCUT2D eigenvalue weighted by molar-refractivity contribution is -0.150. The number of β-lactam (4-membered cyclic amide) rings is 1. The Morgan fingerprint density at radius 3 is 2.73 bits per heavy atom. The van der Waals surface area contributed by atoms with Crippen molar-refractivity contribution in [2.24, 2.45) is 5.73 Å². The first-order valence-corrected chi connectivity index (χ1v) is 12.3. The lowest BCUT2D eigenvalue weighted by atomic mass is 9.99. The van der Waals surface area contributed by atoms with Gasteiger partial charge in [0.25, 0.3) is 5.91 Å². The Morgan fingerprint density at radius 2 is 2.12 bits per heavy atom. The van der Waals surface area contributed by atoms with E-state index in [2.05, 4.69) is 20.5 Å². The summed E-state index contributed by atoms with van der Waals surface area (Å²) in [6, 6.07) is 7.12. The Balaban J connectivity index is 1.52. The summed E-state index contributed by atoms with van der Waals surface area (Å²) in [7, 11) is 0. The zero-order chi connectivity index (χ0) is 23.7. The first-order chi connectivity index (χ1) is 15.8. The van der Waals surface area contributed by atoms with Crippen LogP contribution in [-0.4, -0.2) is 65.4 Å². The highest BCUT2D eigenvalue weighted by Gasteiger charge is 2.55. The van der Waals surface area contributed by atoms with Crippen LogP contribution in [0.4, 0.5) is 0 Å². The quantitative estimate of drug-likeness (QED) is 0.319. The summed E-state index contributed by atoms with van der Waals surface area (Å²) in [5, 5.41) is 19.4. The summed E-state index contributed by atoms with van der Waals surface area (Å²) in [6.07, 6.45) is 0.643. The molecular weight excluding hydrogens is 464 g/mol. The third-order valence-electron chi connectivity index (χ3n) is 5.52. The van der Waals surface area contributed by atoms with Crippen molar-refractivity contribution < 1.29 is 19.5 Å². The third-order valence-corrected chi connectivity index (χ3v) is 8.12. The van der Waals surface area contributed by atoms with Crippen LogP contribution in [0.1, 0.15) is 30.8 Å². The van der Waals surface area contributed by atoms with Gasteiger partial charge in [0.2, 0.25) is 11.1 Å². The molecule has 2 aliphatic heterocycles. The Morgan fingerprint density at radius 1 is 1.39 bits per heavy atom. The van der Waals surface area contributed by atoms with Crippen LogP contribution in [0.2, 0.25) is 0 Å². The number of aliphatic carboxylic acids is 1. The molecule has 12 heteroatoms. The molecule has 0 bridgehead atoms. The van der Waals surface area contributed by atoms with E-state index in [4.69, 9.17) is 5.73 Å². The van der Waals surface area contributed by atoms with Gasteiger partial charge < -0.3 is 16.2 Å². The number of nitrogens with one attached hydrogen (secondary N) is 2. The molecule has 1 aromatic carbocycles. The number of carboxylic acids is 1. The molecule has 2 aliphatic rings. The van der Waals surface area contributed by atoms with Gasteiger partial charge in [-0.1, -0.05) is 49.0 Å². The van der Waals surface area contributed by atoms with Crippen LogP contribution in [0.15, 0.2) is 46.8 Å². The molecule has 3 unspecified atom stereocenters. The molecule has 0 saturated carbocycles. The molecule has 2 amide bonds. The lowest BCUT2D eigenvalue weighted by Crippen LogP contribution is -2.71. The summed E-state index contributed by atoms with van der Waals surface area (Å²) in [5.41, 5.74) is 7.31. The smallest absolute Gasteiger partial charge is 0.352 e. The van der Waals surface area contributed by atoms with Gasteiger partial charge >= 0.3 is 5.97 Å². The van der Waals surface area contributed by atoms with E-state index in [9.17, 15) is 19.5 Å². The number of hydrogen-bond donors (Lipinski definition) is 4. The highest BCUT2D eigenvalue weighted by Crippen LogP contribution is 2.44. The summed E-state index contributed by atoms with van der Waals surface area (Å²) in [6.45, 7) is 3.74. The number of aryl methyl sites for hydroxylation is 1. The zero-order valence-corrected chi connectivity index (χ0v) is 19.7. The third kappa shape index (κ3) is 4.50. The van der Waals surface area contributed by atoms with E-state index in [1.165, 1.54) is 28.4 Å². The minimum Gasteiger partial charge on any atom is -0.477 e. The number of hydrogen-bond acceptors (Lipinski definition) is 8. The Labute approximate surface area is 198 Å². The van der Waals surface area contributed by atoms with Gasteiger partial charge in [-0.05, 0) is 24.5 Å². The van der Waals surface area contributed by atoms with E-state index in [0.29, 0.717) is 34.3 Å². The van der Waals surface area contributed by atoms with Gasteiger partial charge in [-0.15, -0.1) is 16.9 Å². The number of carboxylic acid groups (broad SMARTS) is 1. The number of nitrogens with zero attached hydrogens (tertiary/aromatic N) is 3.